The summed E-state index contributed by atoms with van der Waals surface area (Å²) in [5.74, 6) is 1.67. The van der Waals surface area contributed by atoms with Crippen molar-refractivity contribution in [1.29, 1.82) is 0 Å². The van der Waals surface area contributed by atoms with Gasteiger partial charge in [0.2, 0.25) is 0 Å². The van der Waals surface area contributed by atoms with E-state index < -0.39 is 0 Å². The summed E-state index contributed by atoms with van der Waals surface area (Å²) in [4.78, 5) is 6.83. The van der Waals surface area contributed by atoms with Crippen LogP contribution in [-0.2, 0) is 0 Å². The molecule has 158 valence electrons. The minimum atomic E-state index is 0.0877. The summed E-state index contributed by atoms with van der Waals surface area (Å²) in [7, 11) is 0. The van der Waals surface area contributed by atoms with Gasteiger partial charge in [-0.2, -0.15) is 5.10 Å². The third-order valence-electron chi connectivity index (χ3n) is 5.37. The maximum Gasteiger partial charge on any atom is 0.149 e. The molecule has 3 aromatic rings. The molecular formula is C26H28N4O. The molecule has 1 aromatic carbocycles. The van der Waals surface area contributed by atoms with Gasteiger partial charge in [0.25, 0.3) is 0 Å². The number of furan rings is 1. The number of nitrogens with zero attached hydrogens (tertiary/aromatic N) is 4. The van der Waals surface area contributed by atoms with E-state index >= 15 is 0 Å². The first-order chi connectivity index (χ1) is 15.3. The number of allylic oxidation sites excluding steroid dienone is 1. The third kappa shape index (κ3) is 5.12. The van der Waals surface area contributed by atoms with Gasteiger partial charge in [0.15, 0.2) is 0 Å². The van der Waals surface area contributed by atoms with E-state index in [-0.39, 0.29) is 6.04 Å². The first-order valence-corrected chi connectivity index (χ1v) is 10.8. The molecule has 31 heavy (non-hydrogen) atoms. The second-order valence-electron chi connectivity index (χ2n) is 7.37. The van der Waals surface area contributed by atoms with Crippen molar-refractivity contribution in [3.05, 3.63) is 90.5 Å². The van der Waals surface area contributed by atoms with Crippen molar-refractivity contribution in [2.45, 2.75) is 26.3 Å². The molecular weight excluding hydrogens is 384 g/mol. The van der Waals surface area contributed by atoms with E-state index in [1.807, 2.05) is 41.4 Å². The molecule has 0 saturated heterocycles. The molecule has 1 aliphatic rings. The Balaban J connectivity index is 1.51. The van der Waals surface area contributed by atoms with Gasteiger partial charge in [-0.25, -0.2) is 9.99 Å². The number of benzene rings is 1. The van der Waals surface area contributed by atoms with Gasteiger partial charge in [-0.15, -0.1) is 0 Å². The van der Waals surface area contributed by atoms with Crippen LogP contribution in [0.15, 0.2) is 88.7 Å². The van der Waals surface area contributed by atoms with Crippen LogP contribution in [-0.4, -0.2) is 29.8 Å². The molecule has 0 saturated carbocycles. The molecule has 0 aliphatic carbocycles. The Morgan fingerprint density at radius 1 is 1.00 bits per heavy atom. The minimum Gasteiger partial charge on any atom is -0.465 e. The zero-order valence-electron chi connectivity index (χ0n) is 18.1. The Labute approximate surface area is 184 Å². The normalized spacial score (nSPS) is 16.4. The monoisotopic (exact) mass is 412 g/mol. The molecule has 5 heteroatoms. The van der Waals surface area contributed by atoms with Gasteiger partial charge in [0.05, 0.1) is 18.0 Å². The lowest BCUT2D eigenvalue weighted by molar-refractivity contribution is 0.556. The van der Waals surface area contributed by atoms with E-state index in [9.17, 15) is 0 Å². The van der Waals surface area contributed by atoms with Gasteiger partial charge in [-0.3, -0.25) is 0 Å². The van der Waals surface area contributed by atoms with E-state index in [0.717, 1.165) is 42.4 Å². The highest BCUT2D eigenvalue weighted by atomic mass is 16.3. The van der Waals surface area contributed by atoms with Crippen LogP contribution in [0, 0.1) is 0 Å². The van der Waals surface area contributed by atoms with Gasteiger partial charge in [0, 0.05) is 31.4 Å². The van der Waals surface area contributed by atoms with E-state index in [0.29, 0.717) is 0 Å². The molecule has 0 N–H and O–H groups in total. The molecule has 1 unspecified atom stereocenters. The predicted octanol–water partition coefficient (Wildman–Crippen LogP) is 5.88. The first kappa shape index (κ1) is 20.7. The van der Waals surface area contributed by atoms with E-state index in [1.165, 1.54) is 5.69 Å². The van der Waals surface area contributed by atoms with Gasteiger partial charge in [-0.05, 0) is 68.0 Å². The number of aromatic nitrogens is 1. The zero-order valence-corrected chi connectivity index (χ0v) is 18.1. The Hall–Kier alpha value is -3.60. The number of anilines is 2. The van der Waals surface area contributed by atoms with Crippen LogP contribution in [0.5, 0.6) is 0 Å². The van der Waals surface area contributed by atoms with Gasteiger partial charge < -0.3 is 9.32 Å². The first-order valence-electron chi connectivity index (χ1n) is 10.8. The third-order valence-corrected chi connectivity index (χ3v) is 5.37. The van der Waals surface area contributed by atoms with Crippen molar-refractivity contribution in [1.82, 2.24) is 4.98 Å². The predicted molar refractivity (Wildman–Crippen MR) is 129 cm³/mol. The molecule has 0 spiro atoms. The highest BCUT2D eigenvalue weighted by Crippen LogP contribution is 2.25. The van der Waals surface area contributed by atoms with Crippen molar-refractivity contribution < 1.29 is 4.42 Å². The van der Waals surface area contributed by atoms with Crippen molar-refractivity contribution in [3.8, 4) is 0 Å². The molecule has 5 nitrogen and oxygen atoms in total. The van der Waals surface area contributed by atoms with E-state index in [2.05, 4.69) is 66.2 Å². The molecule has 3 heterocycles. The van der Waals surface area contributed by atoms with Crippen LogP contribution < -0.4 is 9.91 Å². The Bertz CT molecular complexity index is 1030. The lowest BCUT2D eigenvalue weighted by atomic mass is 10.1. The maximum absolute atomic E-state index is 5.43. The van der Waals surface area contributed by atoms with Crippen LogP contribution in [0.1, 0.15) is 31.6 Å². The minimum absolute atomic E-state index is 0.0877. The standard InChI is InChI=1S/C26H28N4O/c1-3-29(4-2)23-14-11-21(12-15-23)10-13-22-20-24(16-17-25-8-7-19-31-25)30(28-22)26-9-5-6-18-27-26/h5-19,24H,3-4,20H2,1-2H3. The largest absolute Gasteiger partial charge is 0.465 e. The molecule has 1 atom stereocenters. The number of hydrogen-bond acceptors (Lipinski definition) is 5. The van der Waals surface area contributed by atoms with E-state index in [1.54, 1.807) is 12.5 Å². The van der Waals surface area contributed by atoms with Crippen LogP contribution >= 0.6 is 0 Å². The second kappa shape index (κ2) is 9.94. The van der Waals surface area contributed by atoms with Gasteiger partial charge in [-0.1, -0.05) is 30.4 Å². The fourth-order valence-electron chi connectivity index (χ4n) is 3.68. The molecule has 2 aromatic heterocycles. The summed E-state index contributed by atoms with van der Waals surface area (Å²) in [6.07, 6.45) is 12.6. The number of rotatable bonds is 8. The summed E-state index contributed by atoms with van der Waals surface area (Å²) in [5, 5.41) is 6.81. The van der Waals surface area contributed by atoms with E-state index in [4.69, 9.17) is 9.52 Å². The van der Waals surface area contributed by atoms with Gasteiger partial charge in [0.1, 0.15) is 11.6 Å². The number of hydrazone groups is 1. The summed E-state index contributed by atoms with van der Waals surface area (Å²) < 4.78 is 5.43. The maximum atomic E-state index is 5.43. The Morgan fingerprint density at radius 3 is 2.52 bits per heavy atom. The Kier molecular flexibility index (Phi) is 6.62. The topological polar surface area (TPSA) is 44.9 Å². The van der Waals surface area contributed by atoms with Gasteiger partial charge >= 0.3 is 0 Å². The molecule has 0 radical (unpaired) electrons. The van der Waals surface area contributed by atoms with Crippen LogP contribution in [0.25, 0.3) is 12.2 Å². The van der Waals surface area contributed by atoms with Crippen molar-refractivity contribution >= 4 is 29.4 Å². The quantitative estimate of drug-likeness (QED) is 0.463. The molecule has 0 bridgehead atoms. The average Bonchev–Trinajstić information content (AvgIpc) is 3.48. The zero-order chi connectivity index (χ0) is 21.5. The molecule has 4 rings (SSSR count). The van der Waals surface area contributed by atoms with Crippen molar-refractivity contribution in [3.63, 3.8) is 0 Å². The highest BCUT2D eigenvalue weighted by molar-refractivity contribution is 6.01. The molecule has 1 aliphatic heterocycles. The Morgan fingerprint density at radius 2 is 1.84 bits per heavy atom. The van der Waals surface area contributed by atoms with Crippen LogP contribution in [0.2, 0.25) is 0 Å². The van der Waals surface area contributed by atoms with Crippen molar-refractivity contribution in [2.75, 3.05) is 23.0 Å². The van der Waals surface area contributed by atoms with Crippen LogP contribution in [0.3, 0.4) is 0 Å². The molecule has 0 fully saturated rings. The fourth-order valence-corrected chi connectivity index (χ4v) is 3.68. The second-order valence-corrected chi connectivity index (χ2v) is 7.37. The summed E-state index contributed by atoms with van der Waals surface area (Å²) >= 11 is 0. The average molecular weight is 413 g/mol. The summed E-state index contributed by atoms with van der Waals surface area (Å²) in [5.41, 5.74) is 3.44. The highest BCUT2D eigenvalue weighted by Gasteiger charge is 2.25. The summed E-state index contributed by atoms with van der Waals surface area (Å²) in [6, 6.07) is 18.5. The number of hydrogen-bond donors (Lipinski definition) is 0. The lowest BCUT2D eigenvalue weighted by Gasteiger charge is -2.20. The lowest BCUT2D eigenvalue weighted by Crippen LogP contribution is -2.24. The van der Waals surface area contributed by atoms with Crippen LogP contribution in [0.4, 0.5) is 11.5 Å². The fraction of sp³-hybridized carbons (Fsp3) is 0.231. The number of pyridine rings is 1. The summed E-state index contributed by atoms with van der Waals surface area (Å²) in [6.45, 7) is 6.39. The van der Waals surface area contributed by atoms with Crippen molar-refractivity contribution in [2.24, 2.45) is 5.10 Å². The SMILES string of the molecule is CCN(CC)c1ccc(C=CC2=NN(c3ccccn3)C(C=Cc3ccco3)C2)cc1. The smallest absolute Gasteiger partial charge is 0.149 e. The molecule has 0 amide bonds.